The summed E-state index contributed by atoms with van der Waals surface area (Å²) in [5.41, 5.74) is 1.71. The summed E-state index contributed by atoms with van der Waals surface area (Å²) in [6.45, 7) is 12.9. The minimum Gasteiger partial charge on any atom is -0.348 e. The maximum Gasteiger partial charge on any atom is 0.271 e. The number of carbonyl (C=O) groups excluding carboxylic acids is 1. The Kier molecular flexibility index (Phi) is 4.94. The Morgan fingerprint density at radius 2 is 2.04 bits per heavy atom. The van der Waals surface area contributed by atoms with Crippen LogP contribution in [-0.4, -0.2) is 42.7 Å². The Balaban J connectivity index is 1.73. The molecule has 0 saturated heterocycles. The van der Waals surface area contributed by atoms with Crippen LogP contribution in [0.2, 0.25) is 0 Å². The molecule has 136 valence electrons. The van der Waals surface area contributed by atoms with E-state index in [1.165, 1.54) is 5.56 Å². The highest BCUT2D eigenvalue weighted by Gasteiger charge is 2.28. The highest BCUT2D eigenvalue weighted by Crippen LogP contribution is 2.26. The van der Waals surface area contributed by atoms with Gasteiger partial charge < -0.3 is 9.88 Å². The van der Waals surface area contributed by atoms with Gasteiger partial charge in [-0.3, -0.25) is 14.4 Å². The molecule has 1 aliphatic heterocycles. The molecule has 0 aliphatic carbocycles. The Bertz CT molecular complexity index is 745. The molecule has 2 aromatic heterocycles. The number of nitrogens with one attached hydrogen (secondary N) is 1. The minimum absolute atomic E-state index is 0.103. The number of nitrogens with zero attached hydrogens (tertiary/aromatic N) is 5. The molecule has 3 rings (SSSR count). The second-order valence-electron chi connectivity index (χ2n) is 7.37. The van der Waals surface area contributed by atoms with E-state index in [4.69, 9.17) is 0 Å². The van der Waals surface area contributed by atoms with Gasteiger partial charge in [-0.15, -0.1) is 0 Å². The van der Waals surface area contributed by atoms with Crippen molar-refractivity contribution in [2.24, 2.45) is 0 Å². The van der Waals surface area contributed by atoms with Crippen molar-refractivity contribution in [2.45, 2.75) is 65.8 Å². The van der Waals surface area contributed by atoms with E-state index in [0.717, 1.165) is 25.5 Å². The van der Waals surface area contributed by atoms with E-state index in [-0.39, 0.29) is 18.0 Å². The summed E-state index contributed by atoms with van der Waals surface area (Å²) >= 11 is 0. The van der Waals surface area contributed by atoms with E-state index in [2.05, 4.69) is 51.8 Å². The SMILES string of the molecule is CC(C)NC(=O)c1cn2c(n1)[C@H](C)N(Cc1cnn(C(C)C)c1)CC2. The molecule has 1 aliphatic rings. The molecule has 0 fully saturated rings. The van der Waals surface area contributed by atoms with Crippen LogP contribution in [0.1, 0.15) is 68.6 Å². The van der Waals surface area contributed by atoms with Gasteiger partial charge in [-0.2, -0.15) is 5.10 Å². The van der Waals surface area contributed by atoms with Crippen LogP contribution in [-0.2, 0) is 13.1 Å². The lowest BCUT2D eigenvalue weighted by atomic mass is 10.2. The van der Waals surface area contributed by atoms with E-state index < -0.39 is 0 Å². The van der Waals surface area contributed by atoms with E-state index in [1.807, 2.05) is 30.9 Å². The van der Waals surface area contributed by atoms with Crippen molar-refractivity contribution >= 4 is 5.91 Å². The van der Waals surface area contributed by atoms with Crippen LogP contribution >= 0.6 is 0 Å². The first kappa shape index (κ1) is 17.7. The summed E-state index contributed by atoms with van der Waals surface area (Å²) < 4.78 is 4.09. The summed E-state index contributed by atoms with van der Waals surface area (Å²) in [6, 6.07) is 0.642. The molecule has 0 aromatic carbocycles. The predicted octanol–water partition coefficient (Wildman–Crippen LogP) is 2.38. The van der Waals surface area contributed by atoms with Crippen LogP contribution < -0.4 is 5.32 Å². The maximum atomic E-state index is 12.2. The molecular formula is C18H28N6O. The Morgan fingerprint density at radius 1 is 1.28 bits per heavy atom. The summed E-state index contributed by atoms with van der Waals surface area (Å²) in [5.74, 6) is 0.852. The van der Waals surface area contributed by atoms with E-state index in [0.29, 0.717) is 11.7 Å². The zero-order valence-corrected chi connectivity index (χ0v) is 15.7. The Morgan fingerprint density at radius 3 is 2.68 bits per heavy atom. The third-order valence-corrected chi connectivity index (χ3v) is 4.58. The van der Waals surface area contributed by atoms with Crippen LogP contribution in [0.15, 0.2) is 18.6 Å². The van der Waals surface area contributed by atoms with Gasteiger partial charge in [0.25, 0.3) is 5.91 Å². The van der Waals surface area contributed by atoms with Gasteiger partial charge >= 0.3 is 0 Å². The highest BCUT2D eigenvalue weighted by atomic mass is 16.2. The number of amides is 1. The molecule has 2 aromatic rings. The van der Waals surface area contributed by atoms with Crippen molar-refractivity contribution < 1.29 is 4.79 Å². The average molecular weight is 344 g/mol. The number of carbonyl (C=O) groups is 1. The lowest BCUT2D eigenvalue weighted by molar-refractivity contribution is 0.0938. The van der Waals surface area contributed by atoms with Crippen LogP contribution in [0.5, 0.6) is 0 Å². The second kappa shape index (κ2) is 7.00. The topological polar surface area (TPSA) is 68.0 Å². The van der Waals surface area contributed by atoms with Gasteiger partial charge in [0.2, 0.25) is 0 Å². The van der Waals surface area contributed by atoms with E-state index >= 15 is 0 Å². The molecule has 0 bridgehead atoms. The Labute approximate surface area is 149 Å². The van der Waals surface area contributed by atoms with Gasteiger partial charge in [0.05, 0.1) is 12.2 Å². The molecule has 0 spiro atoms. The summed E-state index contributed by atoms with van der Waals surface area (Å²) in [4.78, 5) is 19.2. The Hall–Kier alpha value is -2.15. The van der Waals surface area contributed by atoms with Crippen molar-refractivity contribution in [1.29, 1.82) is 0 Å². The maximum absolute atomic E-state index is 12.2. The van der Waals surface area contributed by atoms with Crippen molar-refractivity contribution in [3.8, 4) is 0 Å². The van der Waals surface area contributed by atoms with Gasteiger partial charge in [-0.05, 0) is 34.6 Å². The van der Waals surface area contributed by atoms with Crippen LogP contribution in [0, 0.1) is 0 Å². The first-order valence-corrected chi connectivity index (χ1v) is 9.00. The molecule has 7 heteroatoms. The van der Waals surface area contributed by atoms with Crippen molar-refractivity contribution in [3.05, 3.63) is 35.7 Å². The lowest BCUT2D eigenvalue weighted by Crippen LogP contribution is -2.36. The number of fused-ring (bicyclic) bond motifs is 1. The molecule has 7 nitrogen and oxygen atoms in total. The molecule has 0 unspecified atom stereocenters. The zero-order chi connectivity index (χ0) is 18.1. The lowest BCUT2D eigenvalue weighted by Gasteiger charge is -2.33. The molecular weight excluding hydrogens is 316 g/mol. The number of aromatic nitrogens is 4. The third kappa shape index (κ3) is 3.76. The number of imidazole rings is 1. The van der Waals surface area contributed by atoms with Crippen LogP contribution in [0.4, 0.5) is 0 Å². The van der Waals surface area contributed by atoms with Crippen molar-refractivity contribution in [2.75, 3.05) is 6.54 Å². The molecule has 1 N–H and O–H groups in total. The number of rotatable bonds is 5. The second-order valence-corrected chi connectivity index (χ2v) is 7.37. The van der Waals surface area contributed by atoms with Gasteiger partial charge in [0.15, 0.2) is 0 Å². The summed E-state index contributed by atoms with van der Waals surface area (Å²) in [6.07, 6.45) is 5.92. The fourth-order valence-electron chi connectivity index (χ4n) is 3.17. The molecule has 0 saturated carbocycles. The van der Waals surface area contributed by atoms with Crippen LogP contribution in [0.3, 0.4) is 0 Å². The fourth-order valence-corrected chi connectivity index (χ4v) is 3.17. The molecule has 0 radical (unpaired) electrons. The van der Waals surface area contributed by atoms with Gasteiger partial charge in [0.1, 0.15) is 11.5 Å². The summed E-state index contributed by atoms with van der Waals surface area (Å²) in [7, 11) is 0. The first-order chi connectivity index (χ1) is 11.8. The molecule has 25 heavy (non-hydrogen) atoms. The highest BCUT2D eigenvalue weighted by molar-refractivity contribution is 5.92. The van der Waals surface area contributed by atoms with Gasteiger partial charge in [-0.25, -0.2) is 4.98 Å². The molecule has 1 amide bonds. The van der Waals surface area contributed by atoms with Crippen molar-refractivity contribution in [1.82, 2.24) is 29.5 Å². The van der Waals surface area contributed by atoms with E-state index in [1.54, 1.807) is 0 Å². The quantitative estimate of drug-likeness (QED) is 0.904. The number of hydrogen-bond donors (Lipinski definition) is 1. The fraction of sp³-hybridized carbons (Fsp3) is 0.611. The minimum atomic E-state index is -0.103. The third-order valence-electron chi connectivity index (χ3n) is 4.58. The van der Waals surface area contributed by atoms with Crippen LogP contribution in [0.25, 0.3) is 0 Å². The standard InChI is InChI=1S/C18H28N6O/c1-12(2)20-18(25)16-11-23-7-6-22(14(5)17(23)21-16)9-15-8-19-24(10-15)13(3)4/h8,10-14H,6-7,9H2,1-5H3,(H,20,25)/t14-/m0/s1. The predicted molar refractivity (Wildman–Crippen MR) is 96.3 cm³/mol. The average Bonchev–Trinajstić information content (AvgIpc) is 3.16. The monoisotopic (exact) mass is 344 g/mol. The zero-order valence-electron chi connectivity index (χ0n) is 15.7. The molecule has 3 heterocycles. The summed E-state index contributed by atoms with van der Waals surface area (Å²) in [5, 5.41) is 7.33. The molecule has 1 atom stereocenters. The largest absolute Gasteiger partial charge is 0.348 e. The normalized spacial score (nSPS) is 18.0. The van der Waals surface area contributed by atoms with E-state index in [9.17, 15) is 4.79 Å². The smallest absolute Gasteiger partial charge is 0.271 e. The number of hydrogen-bond acceptors (Lipinski definition) is 4. The van der Waals surface area contributed by atoms with Gasteiger partial charge in [-0.1, -0.05) is 0 Å². The van der Waals surface area contributed by atoms with Crippen molar-refractivity contribution in [3.63, 3.8) is 0 Å². The first-order valence-electron chi connectivity index (χ1n) is 9.00. The van der Waals surface area contributed by atoms with Gasteiger partial charge in [0, 0.05) is 49.7 Å².